The molecule has 2 atom stereocenters. The van der Waals surface area contributed by atoms with Gasteiger partial charge in [-0.05, 0) is 59.3 Å². The fourth-order valence-corrected chi connectivity index (χ4v) is 3.82. The largest absolute Gasteiger partial charge is 0.444 e. The van der Waals surface area contributed by atoms with Crippen LogP contribution in [-0.4, -0.2) is 80.4 Å². The van der Waals surface area contributed by atoms with E-state index in [4.69, 9.17) is 14.5 Å². The SMILES string of the molecule is CCNC(=NCCC1CCCN(C(=O)OC(C)(C)C)C1)N(C)CC1CCOC1.I. The average molecular weight is 524 g/mol. The van der Waals surface area contributed by atoms with Gasteiger partial charge in [0.05, 0.1) is 6.61 Å². The lowest BCUT2D eigenvalue weighted by Crippen LogP contribution is -2.43. The number of nitrogens with zero attached hydrogens (tertiary/aromatic N) is 3. The minimum Gasteiger partial charge on any atom is -0.444 e. The topological polar surface area (TPSA) is 66.4 Å². The van der Waals surface area contributed by atoms with Crippen LogP contribution < -0.4 is 5.32 Å². The van der Waals surface area contributed by atoms with Gasteiger partial charge in [0, 0.05) is 52.3 Å². The molecule has 2 aliphatic rings. The van der Waals surface area contributed by atoms with Crippen LogP contribution in [0.1, 0.15) is 53.4 Å². The van der Waals surface area contributed by atoms with Crippen LogP contribution in [0.25, 0.3) is 0 Å². The number of likely N-dealkylation sites (tertiary alicyclic amines) is 1. The summed E-state index contributed by atoms with van der Waals surface area (Å²) in [6.07, 6.45) is 4.13. The summed E-state index contributed by atoms with van der Waals surface area (Å²) in [5.41, 5.74) is -0.440. The smallest absolute Gasteiger partial charge is 0.410 e. The zero-order chi connectivity index (χ0) is 20.6. The molecule has 0 aromatic rings. The number of carbonyl (C=O) groups excluding carboxylic acids is 1. The van der Waals surface area contributed by atoms with Crippen molar-refractivity contribution < 1.29 is 14.3 Å². The predicted molar refractivity (Wildman–Crippen MR) is 128 cm³/mol. The second-order valence-electron chi connectivity index (χ2n) is 9.07. The molecule has 0 aliphatic carbocycles. The lowest BCUT2D eigenvalue weighted by molar-refractivity contribution is 0.0163. The number of hydrogen-bond acceptors (Lipinski definition) is 4. The predicted octanol–water partition coefficient (Wildman–Crippen LogP) is 3.58. The van der Waals surface area contributed by atoms with Crippen LogP contribution >= 0.6 is 24.0 Å². The Morgan fingerprint density at radius 1 is 1.31 bits per heavy atom. The molecular formula is C21H41IN4O3. The van der Waals surface area contributed by atoms with E-state index in [-0.39, 0.29) is 30.1 Å². The minimum atomic E-state index is -0.440. The lowest BCUT2D eigenvalue weighted by Gasteiger charge is -2.34. The van der Waals surface area contributed by atoms with Crippen molar-refractivity contribution in [1.82, 2.24) is 15.1 Å². The Bertz CT molecular complexity index is 519. The van der Waals surface area contributed by atoms with Gasteiger partial charge >= 0.3 is 6.09 Å². The summed E-state index contributed by atoms with van der Waals surface area (Å²) in [7, 11) is 2.10. The molecular weight excluding hydrogens is 483 g/mol. The highest BCUT2D eigenvalue weighted by molar-refractivity contribution is 14.0. The Morgan fingerprint density at radius 3 is 2.69 bits per heavy atom. The van der Waals surface area contributed by atoms with Crippen LogP contribution in [0.3, 0.4) is 0 Å². The molecule has 2 aliphatic heterocycles. The molecule has 2 rings (SSSR count). The zero-order valence-electron chi connectivity index (χ0n) is 18.9. The van der Waals surface area contributed by atoms with Gasteiger partial charge in [-0.25, -0.2) is 4.79 Å². The molecule has 0 bridgehead atoms. The molecule has 1 amide bonds. The lowest BCUT2D eigenvalue weighted by atomic mass is 9.95. The summed E-state index contributed by atoms with van der Waals surface area (Å²) in [6.45, 7) is 13.8. The maximum atomic E-state index is 12.3. The van der Waals surface area contributed by atoms with E-state index in [1.165, 1.54) is 0 Å². The fraction of sp³-hybridized carbons (Fsp3) is 0.905. The van der Waals surface area contributed by atoms with Gasteiger partial charge in [0.2, 0.25) is 0 Å². The minimum absolute atomic E-state index is 0. The highest BCUT2D eigenvalue weighted by Crippen LogP contribution is 2.22. The molecule has 7 nitrogen and oxygen atoms in total. The van der Waals surface area contributed by atoms with Gasteiger partial charge in [-0.15, -0.1) is 24.0 Å². The van der Waals surface area contributed by atoms with Gasteiger partial charge in [-0.1, -0.05) is 0 Å². The summed E-state index contributed by atoms with van der Waals surface area (Å²) in [5, 5.41) is 3.40. The standard InChI is InChI=1S/C21H40N4O3.HI/c1-6-22-19(24(5)14-18-10-13-27-16-18)23-11-9-17-8-7-12-25(15-17)20(26)28-21(2,3)4;/h17-18H,6-16H2,1-5H3,(H,22,23);1H. The number of halogens is 1. The monoisotopic (exact) mass is 524 g/mol. The van der Waals surface area contributed by atoms with Gasteiger partial charge in [0.15, 0.2) is 5.96 Å². The van der Waals surface area contributed by atoms with Gasteiger partial charge in [-0.2, -0.15) is 0 Å². The van der Waals surface area contributed by atoms with Gasteiger partial charge in [-0.3, -0.25) is 4.99 Å². The van der Waals surface area contributed by atoms with Gasteiger partial charge in [0.25, 0.3) is 0 Å². The van der Waals surface area contributed by atoms with E-state index in [0.717, 1.165) is 77.6 Å². The van der Waals surface area contributed by atoms with Crippen LogP contribution in [0.5, 0.6) is 0 Å². The van der Waals surface area contributed by atoms with E-state index in [2.05, 4.69) is 24.2 Å². The molecule has 0 spiro atoms. The van der Waals surface area contributed by atoms with Crippen molar-refractivity contribution in [3.63, 3.8) is 0 Å². The van der Waals surface area contributed by atoms with Crippen molar-refractivity contribution in [3.05, 3.63) is 0 Å². The zero-order valence-corrected chi connectivity index (χ0v) is 21.2. The molecule has 0 radical (unpaired) electrons. The van der Waals surface area contributed by atoms with Gasteiger partial charge < -0.3 is 24.6 Å². The highest BCUT2D eigenvalue weighted by Gasteiger charge is 2.27. The van der Waals surface area contributed by atoms with Crippen molar-refractivity contribution in [2.24, 2.45) is 16.8 Å². The van der Waals surface area contributed by atoms with Crippen molar-refractivity contribution in [1.29, 1.82) is 0 Å². The summed E-state index contributed by atoms with van der Waals surface area (Å²) in [5.74, 6) is 2.05. The number of amides is 1. The third kappa shape index (κ3) is 9.72. The molecule has 29 heavy (non-hydrogen) atoms. The number of ether oxygens (including phenoxy) is 2. The third-order valence-electron chi connectivity index (χ3n) is 5.22. The number of carbonyl (C=O) groups is 1. The average Bonchev–Trinajstić information content (AvgIpc) is 3.13. The summed E-state index contributed by atoms with van der Waals surface area (Å²) >= 11 is 0. The molecule has 2 saturated heterocycles. The van der Waals surface area contributed by atoms with Crippen molar-refractivity contribution in [3.8, 4) is 0 Å². The molecule has 2 heterocycles. The number of rotatable bonds is 6. The van der Waals surface area contributed by atoms with Crippen molar-refractivity contribution >= 4 is 36.0 Å². The fourth-order valence-electron chi connectivity index (χ4n) is 3.82. The quantitative estimate of drug-likeness (QED) is 0.327. The van der Waals surface area contributed by atoms with E-state index < -0.39 is 5.60 Å². The van der Waals surface area contributed by atoms with Crippen LogP contribution in [0.4, 0.5) is 4.79 Å². The van der Waals surface area contributed by atoms with E-state index >= 15 is 0 Å². The molecule has 2 unspecified atom stereocenters. The number of piperidine rings is 1. The normalized spacial score (nSPS) is 22.8. The molecule has 0 aromatic heterocycles. The van der Waals surface area contributed by atoms with Crippen molar-refractivity contribution in [2.75, 3.05) is 53.0 Å². The Balaban J connectivity index is 0.00000420. The first kappa shape index (κ1) is 26.3. The maximum Gasteiger partial charge on any atom is 0.410 e. The number of nitrogens with one attached hydrogen (secondary N) is 1. The first-order valence-corrected chi connectivity index (χ1v) is 10.8. The molecule has 0 aromatic carbocycles. The molecule has 0 saturated carbocycles. The van der Waals surface area contributed by atoms with Crippen LogP contribution in [0.2, 0.25) is 0 Å². The Hall–Kier alpha value is -0.770. The summed E-state index contributed by atoms with van der Waals surface area (Å²) < 4.78 is 11.0. The molecule has 8 heteroatoms. The van der Waals surface area contributed by atoms with Crippen LogP contribution in [0.15, 0.2) is 4.99 Å². The van der Waals surface area contributed by atoms with E-state index in [0.29, 0.717) is 11.8 Å². The Kier molecular flexibility index (Phi) is 11.6. The second kappa shape index (κ2) is 12.8. The van der Waals surface area contributed by atoms with E-state index in [1.807, 2.05) is 25.7 Å². The number of hydrogen-bond donors (Lipinski definition) is 1. The molecule has 1 N–H and O–H groups in total. The molecule has 2 fully saturated rings. The number of guanidine groups is 1. The van der Waals surface area contributed by atoms with Crippen LogP contribution in [-0.2, 0) is 9.47 Å². The van der Waals surface area contributed by atoms with E-state index in [1.54, 1.807) is 0 Å². The summed E-state index contributed by atoms with van der Waals surface area (Å²) in [6, 6.07) is 0. The highest BCUT2D eigenvalue weighted by atomic mass is 127. The second-order valence-corrected chi connectivity index (χ2v) is 9.07. The molecule has 170 valence electrons. The van der Waals surface area contributed by atoms with Crippen molar-refractivity contribution in [2.45, 2.75) is 59.0 Å². The first-order valence-electron chi connectivity index (χ1n) is 10.8. The third-order valence-corrected chi connectivity index (χ3v) is 5.22. The number of aliphatic imine (C=N–C) groups is 1. The maximum absolute atomic E-state index is 12.3. The van der Waals surface area contributed by atoms with E-state index in [9.17, 15) is 4.79 Å². The Morgan fingerprint density at radius 2 is 2.07 bits per heavy atom. The first-order chi connectivity index (χ1) is 13.3. The summed E-state index contributed by atoms with van der Waals surface area (Å²) in [4.78, 5) is 21.2. The van der Waals surface area contributed by atoms with Gasteiger partial charge in [0.1, 0.15) is 5.60 Å². The van der Waals surface area contributed by atoms with Crippen LogP contribution in [0, 0.1) is 11.8 Å². The Labute approximate surface area is 194 Å².